The predicted octanol–water partition coefficient (Wildman–Crippen LogP) is 0.0127. The SMILES string of the molecule is Cc1c(CNS(=O)(=O)CCCC(=O)O)cnn1C. The van der Waals surface area contributed by atoms with Crippen molar-refractivity contribution in [3.8, 4) is 0 Å². The minimum absolute atomic E-state index is 0.108. The Morgan fingerprint density at radius 1 is 1.56 bits per heavy atom. The maximum absolute atomic E-state index is 11.6. The standard InChI is InChI=1S/C10H17N3O4S/c1-8-9(6-11-13(8)2)7-12-18(16,17)5-3-4-10(14)15/h6,12H,3-5,7H2,1-2H3,(H,14,15). The molecule has 0 aliphatic rings. The predicted molar refractivity (Wildman–Crippen MR) is 65.4 cm³/mol. The highest BCUT2D eigenvalue weighted by molar-refractivity contribution is 7.89. The number of carboxylic acids is 1. The molecule has 0 atom stereocenters. The number of rotatable bonds is 7. The lowest BCUT2D eigenvalue weighted by Gasteiger charge is -2.05. The molecule has 0 aromatic carbocycles. The van der Waals surface area contributed by atoms with Crippen molar-refractivity contribution in [1.82, 2.24) is 14.5 Å². The van der Waals surface area contributed by atoms with E-state index in [9.17, 15) is 13.2 Å². The fraction of sp³-hybridized carbons (Fsp3) is 0.600. The van der Waals surface area contributed by atoms with Crippen LogP contribution >= 0.6 is 0 Å². The minimum atomic E-state index is -3.43. The van der Waals surface area contributed by atoms with E-state index in [1.165, 1.54) is 0 Å². The van der Waals surface area contributed by atoms with Crippen LogP contribution in [0.5, 0.6) is 0 Å². The van der Waals surface area contributed by atoms with E-state index in [0.29, 0.717) is 0 Å². The highest BCUT2D eigenvalue weighted by Gasteiger charge is 2.12. The molecule has 0 saturated heterocycles. The van der Waals surface area contributed by atoms with Crippen molar-refractivity contribution in [3.05, 3.63) is 17.5 Å². The molecule has 0 amide bonds. The summed E-state index contributed by atoms with van der Waals surface area (Å²) in [5.41, 5.74) is 1.70. The van der Waals surface area contributed by atoms with Gasteiger partial charge in [-0.15, -0.1) is 0 Å². The monoisotopic (exact) mass is 275 g/mol. The zero-order valence-electron chi connectivity index (χ0n) is 10.4. The molecule has 0 aliphatic carbocycles. The van der Waals surface area contributed by atoms with E-state index in [4.69, 9.17) is 5.11 Å². The Labute approximate surface area is 106 Å². The number of carboxylic acid groups (broad SMARTS) is 1. The summed E-state index contributed by atoms with van der Waals surface area (Å²) in [5.74, 6) is -1.17. The van der Waals surface area contributed by atoms with Gasteiger partial charge in [-0.2, -0.15) is 5.10 Å². The smallest absolute Gasteiger partial charge is 0.303 e. The first-order chi connectivity index (χ1) is 8.32. The number of hydrogen-bond acceptors (Lipinski definition) is 4. The quantitative estimate of drug-likeness (QED) is 0.730. The number of aryl methyl sites for hydroxylation is 1. The average Bonchev–Trinajstić information content (AvgIpc) is 2.56. The van der Waals surface area contributed by atoms with Gasteiger partial charge in [-0.05, 0) is 13.3 Å². The van der Waals surface area contributed by atoms with Crippen molar-refractivity contribution in [2.24, 2.45) is 7.05 Å². The number of aliphatic carboxylic acids is 1. The Hall–Kier alpha value is -1.41. The van der Waals surface area contributed by atoms with Crippen molar-refractivity contribution >= 4 is 16.0 Å². The maximum atomic E-state index is 11.6. The van der Waals surface area contributed by atoms with Gasteiger partial charge in [-0.1, -0.05) is 0 Å². The van der Waals surface area contributed by atoms with Crippen molar-refractivity contribution < 1.29 is 18.3 Å². The Kier molecular flexibility index (Phi) is 4.85. The normalized spacial score (nSPS) is 11.7. The summed E-state index contributed by atoms with van der Waals surface area (Å²) in [6, 6.07) is 0. The first kappa shape index (κ1) is 14.7. The first-order valence-electron chi connectivity index (χ1n) is 5.48. The van der Waals surface area contributed by atoms with Gasteiger partial charge in [0.1, 0.15) is 0 Å². The summed E-state index contributed by atoms with van der Waals surface area (Å²) in [7, 11) is -1.66. The molecule has 2 N–H and O–H groups in total. The van der Waals surface area contributed by atoms with E-state index in [2.05, 4.69) is 9.82 Å². The number of nitrogens with zero attached hydrogens (tertiary/aromatic N) is 2. The second kappa shape index (κ2) is 5.96. The van der Waals surface area contributed by atoms with Gasteiger partial charge in [0.15, 0.2) is 0 Å². The number of nitrogens with one attached hydrogen (secondary N) is 1. The zero-order chi connectivity index (χ0) is 13.8. The molecule has 0 saturated carbocycles. The molecule has 0 bridgehead atoms. The van der Waals surface area contributed by atoms with E-state index in [-0.39, 0.29) is 25.1 Å². The molecule has 1 aromatic rings. The zero-order valence-corrected chi connectivity index (χ0v) is 11.2. The van der Waals surface area contributed by atoms with Gasteiger partial charge in [0.25, 0.3) is 0 Å². The summed E-state index contributed by atoms with van der Waals surface area (Å²) >= 11 is 0. The van der Waals surface area contributed by atoms with Crippen LogP contribution in [0.3, 0.4) is 0 Å². The lowest BCUT2D eigenvalue weighted by atomic mass is 10.3. The van der Waals surface area contributed by atoms with Gasteiger partial charge < -0.3 is 5.11 Å². The summed E-state index contributed by atoms with van der Waals surface area (Å²) in [6.07, 6.45) is 1.57. The van der Waals surface area contributed by atoms with Crippen molar-refractivity contribution in [1.29, 1.82) is 0 Å². The molecule has 1 aromatic heterocycles. The third-order valence-electron chi connectivity index (χ3n) is 2.62. The largest absolute Gasteiger partial charge is 0.481 e. The fourth-order valence-electron chi connectivity index (χ4n) is 1.39. The molecule has 0 aliphatic heterocycles. The van der Waals surface area contributed by atoms with Crippen LogP contribution < -0.4 is 4.72 Å². The summed E-state index contributed by atoms with van der Waals surface area (Å²) in [4.78, 5) is 10.3. The van der Waals surface area contributed by atoms with Gasteiger partial charge in [-0.25, -0.2) is 13.1 Å². The highest BCUT2D eigenvalue weighted by atomic mass is 32.2. The molecule has 0 radical (unpaired) electrons. The van der Waals surface area contributed by atoms with Crippen LogP contribution in [0.1, 0.15) is 24.1 Å². The first-order valence-corrected chi connectivity index (χ1v) is 7.13. The maximum Gasteiger partial charge on any atom is 0.303 e. The van der Waals surface area contributed by atoms with Gasteiger partial charge in [-0.3, -0.25) is 9.48 Å². The van der Waals surface area contributed by atoms with E-state index < -0.39 is 16.0 Å². The van der Waals surface area contributed by atoms with E-state index in [1.54, 1.807) is 17.9 Å². The van der Waals surface area contributed by atoms with Crippen LogP contribution in [0.2, 0.25) is 0 Å². The Balaban J connectivity index is 2.47. The van der Waals surface area contributed by atoms with Gasteiger partial charge in [0.2, 0.25) is 10.0 Å². The average molecular weight is 275 g/mol. The minimum Gasteiger partial charge on any atom is -0.481 e. The number of hydrogen-bond donors (Lipinski definition) is 2. The van der Waals surface area contributed by atoms with Crippen molar-refractivity contribution in [3.63, 3.8) is 0 Å². The molecule has 0 spiro atoms. The van der Waals surface area contributed by atoms with Crippen molar-refractivity contribution in [2.45, 2.75) is 26.3 Å². The van der Waals surface area contributed by atoms with E-state index in [0.717, 1.165) is 11.3 Å². The second-order valence-electron chi connectivity index (χ2n) is 4.02. The molecule has 1 rings (SSSR count). The molecular formula is C10H17N3O4S. The van der Waals surface area contributed by atoms with Crippen LogP contribution in [-0.4, -0.2) is 35.0 Å². The number of sulfonamides is 1. The molecule has 7 nitrogen and oxygen atoms in total. The molecule has 18 heavy (non-hydrogen) atoms. The number of aromatic nitrogens is 2. The molecule has 8 heteroatoms. The summed E-state index contributed by atoms with van der Waals surface area (Å²) in [6.45, 7) is 2.02. The van der Waals surface area contributed by atoms with Crippen LogP contribution in [0.25, 0.3) is 0 Å². The molecular weight excluding hydrogens is 258 g/mol. The van der Waals surface area contributed by atoms with Gasteiger partial charge in [0, 0.05) is 31.3 Å². The Morgan fingerprint density at radius 3 is 2.72 bits per heavy atom. The van der Waals surface area contributed by atoms with Crippen LogP contribution in [0, 0.1) is 6.92 Å². The third-order valence-corrected chi connectivity index (χ3v) is 4.03. The van der Waals surface area contributed by atoms with Gasteiger partial charge in [0.05, 0.1) is 11.9 Å². The fourth-order valence-corrected chi connectivity index (χ4v) is 2.44. The highest BCUT2D eigenvalue weighted by Crippen LogP contribution is 2.06. The lowest BCUT2D eigenvalue weighted by molar-refractivity contribution is -0.137. The lowest BCUT2D eigenvalue weighted by Crippen LogP contribution is -2.26. The number of carbonyl (C=O) groups is 1. The molecule has 102 valence electrons. The van der Waals surface area contributed by atoms with Gasteiger partial charge >= 0.3 is 5.97 Å². The Morgan fingerprint density at radius 2 is 2.22 bits per heavy atom. The Bertz CT molecular complexity index is 521. The van der Waals surface area contributed by atoms with Crippen molar-refractivity contribution in [2.75, 3.05) is 5.75 Å². The van der Waals surface area contributed by atoms with E-state index >= 15 is 0 Å². The third kappa shape index (κ3) is 4.46. The van der Waals surface area contributed by atoms with Crippen LogP contribution in [0.4, 0.5) is 0 Å². The second-order valence-corrected chi connectivity index (χ2v) is 5.94. The summed E-state index contributed by atoms with van der Waals surface area (Å²) < 4.78 is 27.2. The summed E-state index contributed by atoms with van der Waals surface area (Å²) in [5, 5.41) is 12.4. The van der Waals surface area contributed by atoms with Crippen LogP contribution in [0.15, 0.2) is 6.20 Å². The molecule has 1 heterocycles. The van der Waals surface area contributed by atoms with E-state index in [1.807, 2.05) is 6.92 Å². The van der Waals surface area contributed by atoms with Crippen LogP contribution in [-0.2, 0) is 28.4 Å². The molecule has 0 fully saturated rings. The molecule has 0 unspecified atom stereocenters. The topological polar surface area (TPSA) is 101 Å².